The summed E-state index contributed by atoms with van der Waals surface area (Å²) in [5, 5.41) is 14.3. The number of benzene rings is 1. The average Bonchev–Trinajstić information content (AvgIpc) is 3.08. The smallest absolute Gasteiger partial charge is 0.328 e. The molecule has 0 radical (unpaired) electrons. The third-order valence-corrected chi connectivity index (χ3v) is 5.81. The quantitative estimate of drug-likeness (QED) is 0.115. The predicted molar refractivity (Wildman–Crippen MR) is 171 cm³/mol. The van der Waals surface area contributed by atoms with Crippen LogP contribution >= 0.6 is 11.6 Å². The minimum Gasteiger partial charge on any atom is -0.328 e. The third-order valence-electron chi connectivity index (χ3n) is 5.59. The molecule has 5 aromatic heterocycles. The van der Waals surface area contributed by atoms with E-state index in [2.05, 4.69) is 48.6 Å². The fourth-order valence-electron chi connectivity index (χ4n) is 3.58. The molecule has 0 saturated carbocycles. The molecule has 0 bridgehead atoms. The Kier molecular flexibility index (Phi) is 14.2. The van der Waals surface area contributed by atoms with Crippen molar-refractivity contribution in [2.24, 2.45) is 0 Å². The summed E-state index contributed by atoms with van der Waals surface area (Å²) < 4.78 is 0. The summed E-state index contributed by atoms with van der Waals surface area (Å²) in [5.41, 5.74) is 6.91. The zero-order chi connectivity index (χ0) is 31.7. The number of pyridine rings is 5. The molecule has 1 N–H and O–H groups in total. The van der Waals surface area contributed by atoms with E-state index in [9.17, 15) is 0 Å². The maximum Gasteiger partial charge on any atom is 2.00 e. The van der Waals surface area contributed by atoms with Crippen LogP contribution in [0.4, 0.5) is 0 Å². The van der Waals surface area contributed by atoms with Crippen molar-refractivity contribution in [2.45, 2.75) is 0 Å². The van der Waals surface area contributed by atoms with Gasteiger partial charge in [-0.2, -0.15) is 0 Å². The number of nitrogens with zero attached hydrogens (tertiary/aromatic N) is 6. The normalized spacial score (nSPS) is 9.15. The molecule has 6 rings (SSSR count). The van der Waals surface area contributed by atoms with Gasteiger partial charge in [0.25, 0.3) is 5.09 Å². The maximum atomic E-state index is 8.36. The average molecular weight is 806 g/mol. The molecule has 0 spiro atoms. The Morgan fingerprint density at radius 3 is 1.24 bits per heavy atom. The molecule has 46 heavy (non-hydrogen) atoms. The molecule has 0 saturated heterocycles. The fourth-order valence-corrected chi connectivity index (χ4v) is 3.79. The molecule has 0 amide bonds. The molecule has 0 aliphatic carbocycles. The van der Waals surface area contributed by atoms with Crippen molar-refractivity contribution in [1.82, 2.24) is 24.9 Å². The number of aromatic nitrogens is 5. The van der Waals surface area contributed by atoms with Crippen LogP contribution in [0.3, 0.4) is 0 Å². The number of hydrogen-bond acceptors (Lipinski definition) is 7. The van der Waals surface area contributed by atoms with Gasteiger partial charge in [0.1, 0.15) is 0 Å². The zero-order valence-electron chi connectivity index (χ0n) is 23.8. The Morgan fingerprint density at radius 1 is 0.565 bits per heavy atom. The standard InChI is InChI=1S/C20H12N2.C15H10ClN3.HNO3.Pt/c1-2-18(6-8-20-11-15-22-16-12-20)4-3-17(1)5-7-19-9-13-21-14-10-19;16-11-9-14(12-5-1-3-7-17-12)19-15(10-11)13-6-2-4-8-18-13;2-1(3)4;/h1-4,9-16H;1-10H;(H,2,3,4);/q;;;+2. The van der Waals surface area contributed by atoms with Crippen molar-refractivity contribution in [3.05, 3.63) is 172 Å². The van der Waals surface area contributed by atoms with Crippen LogP contribution in [0.5, 0.6) is 0 Å². The number of rotatable bonds is 2. The van der Waals surface area contributed by atoms with Gasteiger partial charge in [0.05, 0.1) is 22.8 Å². The van der Waals surface area contributed by atoms with Crippen LogP contribution in [0.15, 0.2) is 134 Å². The molecular formula is C35H23ClN6O3Pt+2. The summed E-state index contributed by atoms with van der Waals surface area (Å²) in [7, 11) is 0. The molecule has 0 aliphatic rings. The molecule has 6 aromatic rings. The Morgan fingerprint density at radius 2 is 0.913 bits per heavy atom. The van der Waals surface area contributed by atoms with Crippen molar-refractivity contribution in [3.8, 4) is 46.5 Å². The second-order valence-corrected chi connectivity index (χ2v) is 9.21. The second-order valence-electron chi connectivity index (χ2n) is 8.77. The molecule has 11 heteroatoms. The molecule has 226 valence electrons. The van der Waals surface area contributed by atoms with Gasteiger partial charge in [0.15, 0.2) is 0 Å². The van der Waals surface area contributed by atoms with E-state index in [4.69, 9.17) is 26.9 Å². The Bertz CT molecular complexity index is 1810. The Balaban J connectivity index is 0.000000222. The van der Waals surface area contributed by atoms with Crippen LogP contribution in [0.2, 0.25) is 5.02 Å². The molecule has 0 fully saturated rings. The molecule has 0 unspecified atom stereocenters. The van der Waals surface area contributed by atoms with Gasteiger partial charge in [-0.3, -0.25) is 19.9 Å². The van der Waals surface area contributed by atoms with Gasteiger partial charge in [0.2, 0.25) is 0 Å². The first-order valence-corrected chi connectivity index (χ1v) is 13.6. The van der Waals surface area contributed by atoms with Gasteiger partial charge >= 0.3 is 21.1 Å². The van der Waals surface area contributed by atoms with E-state index in [1.54, 1.807) is 49.3 Å². The molecule has 0 atom stereocenters. The molecular weight excluding hydrogens is 783 g/mol. The first-order valence-electron chi connectivity index (χ1n) is 13.2. The second kappa shape index (κ2) is 18.8. The van der Waals surface area contributed by atoms with E-state index in [1.165, 1.54) is 0 Å². The minimum atomic E-state index is -1.50. The molecule has 0 aliphatic heterocycles. The topological polar surface area (TPSA) is 128 Å². The summed E-state index contributed by atoms with van der Waals surface area (Å²) in [5.74, 6) is 12.5. The first-order chi connectivity index (χ1) is 22.0. The summed E-state index contributed by atoms with van der Waals surface area (Å²) in [6.07, 6.45) is 10.4. The number of hydrogen-bond donors (Lipinski definition) is 1. The first kappa shape index (κ1) is 34.8. The van der Waals surface area contributed by atoms with E-state index in [0.717, 1.165) is 45.0 Å². The van der Waals surface area contributed by atoms with Crippen molar-refractivity contribution in [1.29, 1.82) is 0 Å². The van der Waals surface area contributed by atoms with Gasteiger partial charge in [0, 0.05) is 64.5 Å². The summed E-state index contributed by atoms with van der Waals surface area (Å²) in [4.78, 5) is 29.4. The SMILES string of the molecule is C(#Cc1ccc(C#Cc2ccncc2)cc1)c1ccncc1.Clc1cc(-c2ccccn2)nc(-c2ccccn2)c1.O=[N+]([O-])O.[Pt+2]. The molecule has 9 nitrogen and oxygen atoms in total. The summed E-state index contributed by atoms with van der Waals surface area (Å²) in [6, 6.07) is 30.5. The van der Waals surface area contributed by atoms with Gasteiger partial charge < -0.3 is 5.21 Å². The van der Waals surface area contributed by atoms with Crippen LogP contribution in [0, 0.1) is 33.8 Å². The van der Waals surface area contributed by atoms with Crippen LogP contribution < -0.4 is 0 Å². The fraction of sp³-hybridized carbons (Fsp3) is 0. The Hall–Kier alpha value is -5.73. The van der Waals surface area contributed by atoms with Crippen LogP contribution in [0.25, 0.3) is 22.8 Å². The largest absolute Gasteiger partial charge is 2.00 e. The molecule has 5 heterocycles. The van der Waals surface area contributed by atoms with E-state index in [0.29, 0.717) is 5.02 Å². The van der Waals surface area contributed by atoms with E-state index in [1.807, 2.05) is 84.9 Å². The van der Waals surface area contributed by atoms with E-state index < -0.39 is 5.09 Å². The van der Waals surface area contributed by atoms with E-state index in [-0.39, 0.29) is 21.1 Å². The van der Waals surface area contributed by atoms with Gasteiger partial charge in [-0.05, 0) is 84.9 Å². The minimum absolute atomic E-state index is 0. The van der Waals surface area contributed by atoms with Crippen LogP contribution in [-0.2, 0) is 21.1 Å². The third kappa shape index (κ3) is 12.1. The van der Waals surface area contributed by atoms with Gasteiger partial charge in [-0.25, -0.2) is 4.98 Å². The Labute approximate surface area is 284 Å². The summed E-state index contributed by atoms with van der Waals surface area (Å²) >= 11 is 6.15. The number of halogens is 1. The van der Waals surface area contributed by atoms with Crippen molar-refractivity contribution in [2.75, 3.05) is 0 Å². The van der Waals surface area contributed by atoms with Gasteiger partial charge in [-0.15, -0.1) is 10.1 Å². The van der Waals surface area contributed by atoms with Crippen LogP contribution in [-0.4, -0.2) is 35.2 Å². The van der Waals surface area contributed by atoms with Crippen LogP contribution in [0.1, 0.15) is 22.3 Å². The van der Waals surface area contributed by atoms with Crippen molar-refractivity contribution in [3.63, 3.8) is 0 Å². The zero-order valence-corrected chi connectivity index (χ0v) is 26.9. The van der Waals surface area contributed by atoms with Crippen molar-refractivity contribution < 1.29 is 31.4 Å². The monoisotopic (exact) mass is 805 g/mol. The summed E-state index contributed by atoms with van der Waals surface area (Å²) in [6.45, 7) is 0. The van der Waals surface area contributed by atoms with Crippen molar-refractivity contribution >= 4 is 11.6 Å². The van der Waals surface area contributed by atoms with Gasteiger partial charge in [-0.1, -0.05) is 47.4 Å². The molecule has 1 aromatic carbocycles. The predicted octanol–water partition coefficient (Wildman–Crippen LogP) is 6.79. The maximum absolute atomic E-state index is 8.36. The van der Waals surface area contributed by atoms with E-state index >= 15 is 0 Å².